The quantitative estimate of drug-likeness (QED) is 0.356. The first kappa shape index (κ1) is 22.8. The molecule has 0 spiro atoms. The van der Waals surface area contributed by atoms with Gasteiger partial charge in [0.2, 0.25) is 5.95 Å². The minimum absolute atomic E-state index is 0. The Kier molecular flexibility index (Phi) is 9.32. The number of thiazole rings is 1. The molecule has 0 radical (unpaired) electrons. The summed E-state index contributed by atoms with van der Waals surface area (Å²) >= 11 is 1.68. The van der Waals surface area contributed by atoms with E-state index in [0.717, 1.165) is 68.4 Å². The molecule has 154 valence electrons. The maximum atomic E-state index is 4.52. The molecular weight excluding hydrogens is 487 g/mol. The fourth-order valence-electron chi connectivity index (χ4n) is 3.14. The molecule has 1 aliphatic rings. The predicted octanol–water partition coefficient (Wildman–Crippen LogP) is 1.69. The van der Waals surface area contributed by atoms with Crippen LogP contribution < -0.4 is 10.2 Å². The van der Waals surface area contributed by atoms with Crippen LogP contribution >= 0.6 is 35.3 Å². The van der Waals surface area contributed by atoms with E-state index in [1.807, 2.05) is 27.1 Å². The van der Waals surface area contributed by atoms with E-state index in [4.69, 9.17) is 0 Å². The third-order valence-corrected chi connectivity index (χ3v) is 5.38. The lowest BCUT2D eigenvalue weighted by molar-refractivity contribution is 0.259. The smallest absolute Gasteiger partial charge is 0.225 e. The van der Waals surface area contributed by atoms with Gasteiger partial charge in [-0.2, -0.15) is 0 Å². The lowest BCUT2D eigenvalue weighted by Gasteiger charge is -2.34. The molecule has 10 heteroatoms. The molecule has 0 unspecified atom stereocenters. The monoisotopic (exact) mass is 516 g/mol. The molecule has 0 atom stereocenters. The highest BCUT2D eigenvalue weighted by atomic mass is 127. The predicted molar refractivity (Wildman–Crippen MR) is 126 cm³/mol. The molecule has 1 aliphatic heterocycles. The van der Waals surface area contributed by atoms with Gasteiger partial charge in [0.05, 0.1) is 17.2 Å². The minimum atomic E-state index is 0. The lowest BCUT2D eigenvalue weighted by Crippen LogP contribution is -2.49. The molecule has 1 saturated heterocycles. The molecule has 2 aromatic heterocycles. The van der Waals surface area contributed by atoms with E-state index in [2.05, 4.69) is 45.3 Å². The van der Waals surface area contributed by atoms with Crippen molar-refractivity contribution in [3.63, 3.8) is 0 Å². The first-order chi connectivity index (χ1) is 13.2. The first-order valence-corrected chi connectivity index (χ1v) is 10.1. The fourth-order valence-corrected chi connectivity index (χ4v) is 3.74. The van der Waals surface area contributed by atoms with Crippen molar-refractivity contribution in [3.05, 3.63) is 34.5 Å². The fraction of sp³-hybridized carbons (Fsp3) is 0.556. The van der Waals surface area contributed by atoms with E-state index in [0.29, 0.717) is 0 Å². The van der Waals surface area contributed by atoms with E-state index >= 15 is 0 Å². The van der Waals surface area contributed by atoms with Gasteiger partial charge >= 0.3 is 0 Å². The molecule has 8 nitrogen and oxygen atoms in total. The van der Waals surface area contributed by atoms with Crippen molar-refractivity contribution in [1.29, 1.82) is 0 Å². The number of halogens is 1. The molecule has 0 aliphatic carbocycles. The number of hydrogen-bond acceptors (Lipinski definition) is 7. The van der Waals surface area contributed by atoms with Crippen LogP contribution in [0.4, 0.5) is 5.95 Å². The van der Waals surface area contributed by atoms with Crippen molar-refractivity contribution >= 4 is 47.2 Å². The summed E-state index contributed by atoms with van der Waals surface area (Å²) in [5.74, 6) is 1.73. The van der Waals surface area contributed by atoms with E-state index in [-0.39, 0.29) is 24.0 Å². The number of guanidine groups is 1. The first-order valence-electron chi connectivity index (χ1n) is 9.23. The number of aryl methyl sites for hydroxylation is 1. The summed E-state index contributed by atoms with van der Waals surface area (Å²) in [7, 11) is 3.87. The van der Waals surface area contributed by atoms with Gasteiger partial charge in [-0.15, -0.1) is 35.3 Å². The Labute approximate surface area is 188 Å². The average Bonchev–Trinajstić information content (AvgIpc) is 3.11. The van der Waals surface area contributed by atoms with Gasteiger partial charge in [-0.25, -0.2) is 15.0 Å². The number of nitrogens with one attached hydrogen (secondary N) is 1. The van der Waals surface area contributed by atoms with Gasteiger partial charge in [0.25, 0.3) is 0 Å². The minimum Gasteiger partial charge on any atom is -0.355 e. The third kappa shape index (κ3) is 6.52. The lowest BCUT2D eigenvalue weighted by atomic mass is 10.3. The van der Waals surface area contributed by atoms with Gasteiger partial charge < -0.3 is 15.1 Å². The van der Waals surface area contributed by atoms with Crippen molar-refractivity contribution in [2.75, 3.05) is 58.3 Å². The Morgan fingerprint density at radius 2 is 1.96 bits per heavy atom. The van der Waals surface area contributed by atoms with Crippen LogP contribution in [0.15, 0.2) is 28.8 Å². The number of aromatic nitrogens is 3. The van der Waals surface area contributed by atoms with Gasteiger partial charge in [0, 0.05) is 71.1 Å². The Morgan fingerprint density at radius 1 is 1.25 bits per heavy atom. The molecule has 28 heavy (non-hydrogen) atoms. The highest BCUT2D eigenvalue weighted by Gasteiger charge is 2.18. The second kappa shape index (κ2) is 11.5. The molecular formula is C18H29IN8S. The molecule has 0 amide bonds. The summed E-state index contributed by atoms with van der Waals surface area (Å²) in [5, 5.41) is 6.66. The Balaban J connectivity index is 0.00000280. The number of rotatable bonds is 6. The van der Waals surface area contributed by atoms with Gasteiger partial charge in [0.1, 0.15) is 0 Å². The zero-order valence-electron chi connectivity index (χ0n) is 16.7. The molecule has 1 fully saturated rings. The van der Waals surface area contributed by atoms with Crippen LogP contribution in [0.1, 0.15) is 10.7 Å². The molecule has 0 bridgehead atoms. The van der Waals surface area contributed by atoms with Crippen LogP contribution in [-0.4, -0.2) is 84.1 Å². The van der Waals surface area contributed by atoms with Crippen LogP contribution in [0.3, 0.4) is 0 Å². The standard InChI is InChI=1S/C18H28N8S.HI/c1-15-23-16(14-27-15)13-24(3)17(19-2)22-7-8-25-9-11-26(12-10-25)18-20-5-4-6-21-18;/h4-6,14H,7-13H2,1-3H3,(H,19,22);1H. The summed E-state index contributed by atoms with van der Waals surface area (Å²) in [6.45, 7) is 8.62. The van der Waals surface area contributed by atoms with Crippen molar-refractivity contribution in [2.24, 2.45) is 4.99 Å². The highest BCUT2D eigenvalue weighted by Crippen LogP contribution is 2.10. The summed E-state index contributed by atoms with van der Waals surface area (Å²) in [4.78, 5) is 24.4. The normalized spacial score (nSPS) is 15.2. The number of hydrogen-bond donors (Lipinski definition) is 1. The van der Waals surface area contributed by atoms with Gasteiger partial charge in [-0.1, -0.05) is 0 Å². The Hall–Kier alpha value is -1.53. The number of anilines is 1. The summed E-state index contributed by atoms with van der Waals surface area (Å²) in [6, 6.07) is 1.85. The van der Waals surface area contributed by atoms with Crippen LogP contribution in [0.2, 0.25) is 0 Å². The largest absolute Gasteiger partial charge is 0.355 e. The summed E-state index contributed by atoms with van der Waals surface area (Å²) in [6.07, 6.45) is 3.60. The number of aliphatic imine (C=N–C) groups is 1. The Bertz CT molecular complexity index is 730. The van der Waals surface area contributed by atoms with Crippen molar-refractivity contribution in [2.45, 2.75) is 13.5 Å². The zero-order chi connectivity index (χ0) is 19.1. The molecule has 3 heterocycles. The third-order valence-electron chi connectivity index (χ3n) is 4.56. The highest BCUT2D eigenvalue weighted by molar-refractivity contribution is 14.0. The van der Waals surface area contributed by atoms with Crippen LogP contribution in [0.25, 0.3) is 0 Å². The average molecular weight is 516 g/mol. The maximum absolute atomic E-state index is 4.52. The molecule has 1 N–H and O–H groups in total. The van der Waals surface area contributed by atoms with Gasteiger partial charge in [0.15, 0.2) is 5.96 Å². The van der Waals surface area contributed by atoms with Crippen LogP contribution in [0, 0.1) is 6.92 Å². The molecule has 0 aromatic carbocycles. The summed E-state index contributed by atoms with van der Waals surface area (Å²) < 4.78 is 0. The van der Waals surface area contributed by atoms with Gasteiger partial charge in [-0.05, 0) is 13.0 Å². The van der Waals surface area contributed by atoms with E-state index < -0.39 is 0 Å². The molecule has 2 aromatic rings. The second-order valence-corrected chi connectivity index (χ2v) is 7.63. The van der Waals surface area contributed by atoms with E-state index in [1.54, 1.807) is 23.7 Å². The zero-order valence-corrected chi connectivity index (χ0v) is 19.9. The van der Waals surface area contributed by atoms with Crippen LogP contribution in [-0.2, 0) is 6.54 Å². The van der Waals surface area contributed by atoms with Gasteiger partial charge in [-0.3, -0.25) is 9.89 Å². The van der Waals surface area contributed by atoms with Crippen molar-refractivity contribution < 1.29 is 0 Å². The van der Waals surface area contributed by atoms with Crippen LogP contribution in [0.5, 0.6) is 0 Å². The topological polar surface area (TPSA) is 72.8 Å². The van der Waals surface area contributed by atoms with E-state index in [1.165, 1.54) is 0 Å². The summed E-state index contributed by atoms with van der Waals surface area (Å²) in [5.41, 5.74) is 1.09. The van der Waals surface area contributed by atoms with E-state index in [9.17, 15) is 0 Å². The van der Waals surface area contributed by atoms with Crippen molar-refractivity contribution in [3.8, 4) is 0 Å². The SMILES string of the molecule is CN=C(NCCN1CCN(c2ncccn2)CC1)N(C)Cc1csc(C)n1.I. The number of piperazine rings is 1. The molecule has 3 rings (SSSR count). The van der Waals surface area contributed by atoms with Crippen molar-refractivity contribution in [1.82, 2.24) is 30.1 Å². The molecule has 0 saturated carbocycles. The second-order valence-electron chi connectivity index (χ2n) is 6.57. The number of nitrogens with zero attached hydrogens (tertiary/aromatic N) is 7. The Morgan fingerprint density at radius 3 is 2.57 bits per heavy atom. The maximum Gasteiger partial charge on any atom is 0.225 e.